The van der Waals surface area contributed by atoms with Crippen LogP contribution in [0.2, 0.25) is 0 Å². The highest BCUT2D eigenvalue weighted by atomic mass is 16.3. The molecule has 306 valence electrons. The lowest BCUT2D eigenvalue weighted by molar-refractivity contribution is 0.669. The standard InChI is InChI=1S/C63H43NO/c1-62(44-19-5-2-6-20-44)53-29-14-11-25-48(53)49-40-37-43(41-56(49)62)42-35-38-47(39-36-42)64(58-33-17-28-51-50-26-13-16-34-59(50)65-61(51)58)57-32-18-31-55-60(57)52-27-12-15-30-54(52)63(55,45-21-7-3-8-22-45)46-23-9-4-10-24-46/h2-41H,1H3. The zero-order valence-corrected chi connectivity index (χ0v) is 35.9. The van der Waals surface area contributed by atoms with Crippen LogP contribution in [-0.4, -0.2) is 0 Å². The first-order chi connectivity index (χ1) is 32.1. The minimum Gasteiger partial charge on any atom is -0.454 e. The fourth-order valence-electron chi connectivity index (χ4n) is 11.5. The number of furan rings is 1. The van der Waals surface area contributed by atoms with Crippen LogP contribution in [0, 0.1) is 0 Å². The van der Waals surface area contributed by atoms with Crippen molar-refractivity contribution in [1.82, 2.24) is 0 Å². The van der Waals surface area contributed by atoms with E-state index in [0.717, 1.165) is 39.0 Å². The summed E-state index contributed by atoms with van der Waals surface area (Å²) < 4.78 is 6.85. The Balaban J connectivity index is 1.03. The lowest BCUT2D eigenvalue weighted by Crippen LogP contribution is -2.28. The van der Waals surface area contributed by atoms with Crippen LogP contribution in [0.3, 0.4) is 0 Å². The van der Waals surface area contributed by atoms with E-state index < -0.39 is 5.41 Å². The molecule has 1 heterocycles. The number of nitrogens with zero attached hydrogens (tertiary/aromatic N) is 1. The summed E-state index contributed by atoms with van der Waals surface area (Å²) in [6.07, 6.45) is 0. The van der Waals surface area contributed by atoms with Crippen molar-refractivity contribution in [2.24, 2.45) is 0 Å². The highest BCUT2D eigenvalue weighted by Gasteiger charge is 2.47. The molecule has 0 saturated carbocycles. The first kappa shape index (κ1) is 37.4. The predicted molar refractivity (Wildman–Crippen MR) is 269 cm³/mol. The van der Waals surface area contributed by atoms with Gasteiger partial charge >= 0.3 is 0 Å². The van der Waals surface area contributed by atoms with Crippen LogP contribution in [0.5, 0.6) is 0 Å². The average molecular weight is 830 g/mol. The molecule has 11 aromatic rings. The van der Waals surface area contributed by atoms with Gasteiger partial charge in [-0.1, -0.05) is 206 Å². The molecule has 2 heteroatoms. The lowest BCUT2D eigenvalue weighted by Gasteiger charge is -2.34. The number of hydrogen-bond donors (Lipinski definition) is 0. The molecule has 0 radical (unpaired) electrons. The number of benzene rings is 10. The quantitative estimate of drug-likeness (QED) is 0.159. The lowest BCUT2D eigenvalue weighted by atomic mass is 9.68. The van der Waals surface area contributed by atoms with E-state index in [1.807, 2.05) is 0 Å². The van der Waals surface area contributed by atoms with Crippen LogP contribution in [0.15, 0.2) is 247 Å². The topological polar surface area (TPSA) is 16.4 Å². The van der Waals surface area contributed by atoms with E-state index in [-0.39, 0.29) is 5.41 Å². The minimum atomic E-state index is -0.535. The normalized spacial score (nSPS) is 15.3. The van der Waals surface area contributed by atoms with Gasteiger partial charge in [0.25, 0.3) is 0 Å². The molecule has 0 saturated heterocycles. The fraction of sp³-hybridized carbons (Fsp3) is 0.0476. The molecule has 0 spiro atoms. The van der Waals surface area contributed by atoms with Crippen LogP contribution in [0.25, 0.3) is 55.3 Å². The molecule has 0 amide bonds. The molecule has 1 aromatic heterocycles. The molecule has 1 atom stereocenters. The zero-order valence-electron chi connectivity index (χ0n) is 35.9. The average Bonchev–Trinajstić information content (AvgIpc) is 4.00. The Morgan fingerprint density at radius 2 is 0.908 bits per heavy atom. The molecule has 2 aliphatic carbocycles. The van der Waals surface area contributed by atoms with Crippen molar-refractivity contribution in [2.45, 2.75) is 17.8 Å². The second-order valence-electron chi connectivity index (χ2n) is 17.7. The van der Waals surface area contributed by atoms with Crippen LogP contribution < -0.4 is 4.90 Å². The third-order valence-corrected chi connectivity index (χ3v) is 14.4. The van der Waals surface area contributed by atoms with Gasteiger partial charge in [0.2, 0.25) is 0 Å². The molecular formula is C63H43NO. The molecule has 0 N–H and O–H groups in total. The summed E-state index contributed by atoms with van der Waals surface area (Å²) in [5.74, 6) is 0. The molecule has 65 heavy (non-hydrogen) atoms. The van der Waals surface area contributed by atoms with E-state index in [4.69, 9.17) is 4.42 Å². The first-order valence-corrected chi connectivity index (χ1v) is 22.6. The van der Waals surface area contributed by atoms with Crippen molar-refractivity contribution in [2.75, 3.05) is 4.90 Å². The largest absolute Gasteiger partial charge is 0.454 e. The van der Waals surface area contributed by atoms with Gasteiger partial charge in [0.15, 0.2) is 5.58 Å². The van der Waals surface area contributed by atoms with Crippen molar-refractivity contribution in [1.29, 1.82) is 0 Å². The number of rotatable bonds is 7. The Hall–Kier alpha value is -8.20. The number of hydrogen-bond acceptors (Lipinski definition) is 2. The van der Waals surface area contributed by atoms with Gasteiger partial charge in [-0.25, -0.2) is 0 Å². The van der Waals surface area contributed by atoms with E-state index in [0.29, 0.717) is 0 Å². The van der Waals surface area contributed by atoms with Gasteiger partial charge in [-0.05, 0) is 110 Å². The van der Waals surface area contributed by atoms with Gasteiger partial charge in [0, 0.05) is 27.4 Å². The highest BCUT2D eigenvalue weighted by molar-refractivity contribution is 6.11. The third-order valence-electron chi connectivity index (χ3n) is 14.4. The van der Waals surface area contributed by atoms with Crippen LogP contribution >= 0.6 is 0 Å². The van der Waals surface area contributed by atoms with E-state index in [1.165, 1.54) is 72.3 Å². The Kier molecular flexibility index (Phi) is 8.29. The van der Waals surface area contributed by atoms with Crippen LogP contribution in [0.4, 0.5) is 17.1 Å². The maximum absolute atomic E-state index is 6.85. The number of fused-ring (bicyclic) bond motifs is 9. The van der Waals surface area contributed by atoms with Crippen molar-refractivity contribution in [3.63, 3.8) is 0 Å². The SMILES string of the molecule is CC1(c2ccccc2)c2ccccc2-c2ccc(-c3ccc(N(c4cccc5c4-c4ccccc4C5(c4ccccc4)c4ccccc4)c4cccc5c4oc4ccccc45)cc3)cc21. The van der Waals surface area contributed by atoms with Gasteiger partial charge in [-0.15, -0.1) is 0 Å². The van der Waals surface area contributed by atoms with Gasteiger partial charge < -0.3 is 9.32 Å². The second kappa shape index (κ2) is 14.4. The molecule has 13 rings (SSSR count). The van der Waals surface area contributed by atoms with Crippen LogP contribution in [-0.2, 0) is 10.8 Å². The minimum absolute atomic E-state index is 0.274. The smallest absolute Gasteiger partial charge is 0.159 e. The Morgan fingerprint density at radius 1 is 0.369 bits per heavy atom. The third kappa shape index (κ3) is 5.35. The summed E-state index contributed by atoms with van der Waals surface area (Å²) in [6, 6.07) is 89.0. The summed E-state index contributed by atoms with van der Waals surface area (Å²) in [6.45, 7) is 2.39. The molecule has 1 unspecified atom stereocenters. The summed E-state index contributed by atoms with van der Waals surface area (Å²) in [4.78, 5) is 2.43. The first-order valence-electron chi connectivity index (χ1n) is 22.6. The molecule has 2 aliphatic rings. The number of para-hydroxylation sites is 2. The summed E-state index contributed by atoms with van der Waals surface area (Å²) in [7, 11) is 0. The second-order valence-corrected chi connectivity index (χ2v) is 17.7. The summed E-state index contributed by atoms with van der Waals surface area (Å²) in [5.41, 5.74) is 20.5. The van der Waals surface area contributed by atoms with Gasteiger partial charge in [-0.3, -0.25) is 0 Å². The van der Waals surface area contributed by atoms with E-state index in [1.54, 1.807) is 0 Å². The summed E-state index contributed by atoms with van der Waals surface area (Å²) in [5, 5.41) is 2.20. The van der Waals surface area contributed by atoms with E-state index in [2.05, 4.69) is 254 Å². The van der Waals surface area contributed by atoms with Gasteiger partial charge in [0.05, 0.1) is 16.8 Å². The maximum atomic E-state index is 6.85. The molecule has 10 aromatic carbocycles. The molecular weight excluding hydrogens is 787 g/mol. The monoisotopic (exact) mass is 829 g/mol. The highest BCUT2D eigenvalue weighted by Crippen LogP contribution is 2.60. The van der Waals surface area contributed by atoms with Gasteiger partial charge in [0.1, 0.15) is 5.58 Å². The predicted octanol–water partition coefficient (Wildman–Crippen LogP) is 16.4. The molecule has 0 fully saturated rings. The van der Waals surface area contributed by atoms with Crippen molar-refractivity contribution < 1.29 is 4.42 Å². The van der Waals surface area contributed by atoms with E-state index >= 15 is 0 Å². The Morgan fingerprint density at radius 3 is 1.65 bits per heavy atom. The molecule has 0 bridgehead atoms. The van der Waals surface area contributed by atoms with Gasteiger partial charge in [-0.2, -0.15) is 0 Å². The van der Waals surface area contributed by atoms with Crippen molar-refractivity contribution >= 4 is 39.0 Å². The van der Waals surface area contributed by atoms with Crippen molar-refractivity contribution in [3.8, 4) is 33.4 Å². The van der Waals surface area contributed by atoms with Crippen molar-refractivity contribution in [3.05, 3.63) is 282 Å². The Labute approximate surface area is 379 Å². The number of anilines is 3. The van der Waals surface area contributed by atoms with Crippen LogP contribution in [0.1, 0.15) is 45.9 Å². The zero-order chi connectivity index (χ0) is 43.1. The fourth-order valence-corrected chi connectivity index (χ4v) is 11.5. The molecule has 0 aliphatic heterocycles. The maximum Gasteiger partial charge on any atom is 0.159 e. The Bertz CT molecular complexity index is 3570. The summed E-state index contributed by atoms with van der Waals surface area (Å²) >= 11 is 0. The molecule has 2 nitrogen and oxygen atoms in total. The van der Waals surface area contributed by atoms with E-state index in [9.17, 15) is 0 Å².